The van der Waals surface area contributed by atoms with Crippen LogP contribution >= 0.6 is 0 Å². The lowest BCUT2D eigenvalue weighted by atomic mass is 9.96. The monoisotopic (exact) mass is 378 g/mol. The molecule has 0 fully saturated rings. The molecule has 1 N–H and O–H groups in total. The van der Waals surface area contributed by atoms with E-state index in [1.54, 1.807) is 30.6 Å². The van der Waals surface area contributed by atoms with Gasteiger partial charge in [-0.1, -0.05) is 0 Å². The van der Waals surface area contributed by atoms with Crippen LogP contribution in [-0.4, -0.2) is 42.9 Å². The Kier molecular flexibility index (Phi) is 4.35. The normalized spacial score (nSPS) is 14.1. The standard InChI is InChI=1S/C21H18N2O5/c1-26-16-7-11(8-17(27-2)20(16)28-3)18-14(24)9-15(25)19(18)13-10-23-21-12(13)5-4-6-22-21/h4-8,10H,9H2,1-3H3,(H,22,23). The maximum Gasteiger partial charge on any atom is 0.203 e. The lowest BCUT2D eigenvalue weighted by molar-refractivity contribution is -0.119. The molecule has 7 heteroatoms. The van der Waals surface area contributed by atoms with Crippen molar-refractivity contribution in [3.63, 3.8) is 0 Å². The molecule has 0 bridgehead atoms. The number of carbonyl (C=O) groups is 2. The van der Waals surface area contributed by atoms with Crippen molar-refractivity contribution in [2.45, 2.75) is 6.42 Å². The Balaban J connectivity index is 2.00. The second-order valence-corrected chi connectivity index (χ2v) is 6.29. The quantitative estimate of drug-likeness (QED) is 0.687. The van der Waals surface area contributed by atoms with Crippen LogP contribution in [0, 0.1) is 0 Å². The summed E-state index contributed by atoms with van der Waals surface area (Å²) < 4.78 is 16.1. The van der Waals surface area contributed by atoms with Gasteiger partial charge < -0.3 is 19.2 Å². The second kappa shape index (κ2) is 6.84. The first-order valence-corrected chi connectivity index (χ1v) is 8.62. The van der Waals surface area contributed by atoms with Crippen LogP contribution in [-0.2, 0) is 9.59 Å². The highest BCUT2D eigenvalue weighted by Crippen LogP contribution is 2.44. The topological polar surface area (TPSA) is 90.5 Å². The number of nitrogens with one attached hydrogen (secondary N) is 1. The van der Waals surface area contributed by atoms with Crippen LogP contribution in [0.4, 0.5) is 0 Å². The highest BCUT2D eigenvalue weighted by atomic mass is 16.5. The number of allylic oxidation sites excluding steroid dienone is 2. The molecule has 0 atom stereocenters. The first-order valence-electron chi connectivity index (χ1n) is 8.62. The predicted octanol–water partition coefficient (Wildman–Crippen LogP) is 3.04. The fraction of sp³-hybridized carbons (Fsp3) is 0.190. The number of carbonyl (C=O) groups excluding carboxylic acids is 2. The van der Waals surface area contributed by atoms with E-state index in [1.165, 1.54) is 21.3 Å². The van der Waals surface area contributed by atoms with Crippen LogP contribution in [0.2, 0.25) is 0 Å². The van der Waals surface area contributed by atoms with Crippen molar-refractivity contribution in [1.82, 2.24) is 9.97 Å². The van der Waals surface area contributed by atoms with Crippen LogP contribution in [0.1, 0.15) is 17.5 Å². The van der Waals surface area contributed by atoms with E-state index in [-0.39, 0.29) is 18.0 Å². The van der Waals surface area contributed by atoms with Gasteiger partial charge in [-0.2, -0.15) is 0 Å². The molecule has 4 rings (SSSR count). The third kappa shape index (κ3) is 2.63. The van der Waals surface area contributed by atoms with Gasteiger partial charge in [0.15, 0.2) is 23.1 Å². The molecule has 1 aromatic carbocycles. The lowest BCUT2D eigenvalue weighted by Crippen LogP contribution is -2.00. The number of ether oxygens (including phenoxy) is 3. The largest absolute Gasteiger partial charge is 0.493 e. The molecule has 28 heavy (non-hydrogen) atoms. The van der Waals surface area contributed by atoms with Crippen LogP contribution in [0.5, 0.6) is 17.2 Å². The molecule has 3 aromatic rings. The summed E-state index contributed by atoms with van der Waals surface area (Å²) in [6, 6.07) is 7.02. The third-order valence-electron chi connectivity index (χ3n) is 4.80. The molecule has 142 valence electrons. The Hall–Kier alpha value is -3.61. The first kappa shape index (κ1) is 17.8. The number of H-pyrrole nitrogens is 1. The molecule has 0 saturated carbocycles. The van der Waals surface area contributed by atoms with Gasteiger partial charge >= 0.3 is 0 Å². The highest BCUT2D eigenvalue weighted by Gasteiger charge is 2.34. The van der Waals surface area contributed by atoms with Gasteiger partial charge in [0.05, 0.1) is 27.8 Å². The van der Waals surface area contributed by atoms with Gasteiger partial charge in [-0.3, -0.25) is 9.59 Å². The van der Waals surface area contributed by atoms with E-state index < -0.39 is 0 Å². The van der Waals surface area contributed by atoms with Crippen molar-refractivity contribution in [3.05, 3.63) is 47.8 Å². The molecule has 0 amide bonds. The number of ketones is 2. The minimum Gasteiger partial charge on any atom is -0.493 e. The Bertz CT molecular complexity index is 1120. The molecule has 2 aromatic heterocycles. The molecular formula is C21H18N2O5. The van der Waals surface area contributed by atoms with Crippen molar-refractivity contribution < 1.29 is 23.8 Å². The summed E-state index contributed by atoms with van der Waals surface area (Å²) in [5.41, 5.74) is 2.57. The number of methoxy groups -OCH3 is 3. The summed E-state index contributed by atoms with van der Waals surface area (Å²) in [5, 5.41) is 0.783. The number of hydrogen-bond acceptors (Lipinski definition) is 6. The summed E-state index contributed by atoms with van der Waals surface area (Å²) in [4.78, 5) is 32.8. The average molecular weight is 378 g/mol. The molecule has 0 radical (unpaired) electrons. The van der Waals surface area contributed by atoms with Crippen LogP contribution in [0.25, 0.3) is 22.2 Å². The van der Waals surface area contributed by atoms with E-state index in [9.17, 15) is 9.59 Å². The van der Waals surface area contributed by atoms with E-state index >= 15 is 0 Å². The van der Waals surface area contributed by atoms with Crippen LogP contribution in [0.15, 0.2) is 36.7 Å². The number of hydrogen-bond donors (Lipinski definition) is 1. The maximum absolute atomic E-state index is 12.8. The van der Waals surface area contributed by atoms with Crippen molar-refractivity contribution in [3.8, 4) is 17.2 Å². The highest BCUT2D eigenvalue weighted by molar-refractivity contribution is 6.51. The van der Waals surface area contributed by atoms with Crippen molar-refractivity contribution in [2.24, 2.45) is 0 Å². The number of rotatable bonds is 5. The van der Waals surface area contributed by atoms with Crippen LogP contribution < -0.4 is 14.2 Å². The molecule has 0 saturated heterocycles. The SMILES string of the molecule is COc1cc(C2=C(c3c[nH]c4ncccc34)C(=O)CC2=O)cc(OC)c1OC. The summed E-state index contributed by atoms with van der Waals surface area (Å²) in [7, 11) is 4.51. The Morgan fingerprint density at radius 3 is 2.29 bits per heavy atom. The van der Waals surface area contributed by atoms with Gasteiger partial charge in [0.2, 0.25) is 5.75 Å². The number of pyridine rings is 1. The Morgan fingerprint density at radius 1 is 0.964 bits per heavy atom. The minimum absolute atomic E-state index is 0.172. The lowest BCUT2D eigenvalue weighted by Gasteiger charge is -2.15. The van der Waals surface area contributed by atoms with Crippen molar-refractivity contribution >= 4 is 33.7 Å². The molecule has 7 nitrogen and oxygen atoms in total. The molecule has 1 aliphatic carbocycles. The van der Waals surface area contributed by atoms with Crippen molar-refractivity contribution in [2.75, 3.05) is 21.3 Å². The van der Waals surface area contributed by atoms with Gasteiger partial charge in [0.1, 0.15) is 5.65 Å². The van der Waals surface area contributed by atoms with E-state index in [2.05, 4.69) is 9.97 Å². The number of fused-ring (bicyclic) bond motifs is 1. The molecule has 0 unspecified atom stereocenters. The number of benzene rings is 1. The van der Waals surface area contributed by atoms with Crippen LogP contribution in [0.3, 0.4) is 0 Å². The summed E-state index contributed by atoms with van der Waals surface area (Å²) in [6.45, 7) is 0. The van der Waals surface area contributed by atoms with E-state index in [4.69, 9.17) is 14.2 Å². The Morgan fingerprint density at radius 2 is 1.64 bits per heavy atom. The zero-order chi connectivity index (χ0) is 19.8. The maximum atomic E-state index is 12.8. The molecule has 2 heterocycles. The smallest absolute Gasteiger partial charge is 0.203 e. The fourth-order valence-electron chi connectivity index (χ4n) is 3.58. The van der Waals surface area contributed by atoms with Gasteiger partial charge in [-0.15, -0.1) is 0 Å². The predicted molar refractivity (Wildman–Crippen MR) is 104 cm³/mol. The molecular weight excluding hydrogens is 360 g/mol. The van der Waals surface area contributed by atoms with Gasteiger partial charge in [0, 0.05) is 34.5 Å². The summed E-state index contributed by atoms with van der Waals surface area (Å²) in [6.07, 6.45) is 3.20. The van der Waals surface area contributed by atoms with E-state index in [0.717, 1.165) is 5.39 Å². The minimum atomic E-state index is -0.243. The molecule has 1 aliphatic rings. The van der Waals surface area contributed by atoms with Crippen molar-refractivity contribution in [1.29, 1.82) is 0 Å². The molecule has 0 spiro atoms. The van der Waals surface area contributed by atoms with E-state index in [1.807, 2.05) is 6.07 Å². The molecule has 0 aliphatic heterocycles. The van der Waals surface area contributed by atoms with Gasteiger partial charge in [-0.25, -0.2) is 4.98 Å². The fourth-order valence-corrected chi connectivity index (χ4v) is 3.58. The van der Waals surface area contributed by atoms with Gasteiger partial charge in [0.25, 0.3) is 0 Å². The number of Topliss-reactive ketones (excluding diaryl/α,β-unsaturated/α-hetero) is 2. The number of nitrogens with zero attached hydrogens (tertiary/aromatic N) is 1. The van der Waals surface area contributed by atoms with Gasteiger partial charge in [-0.05, 0) is 29.8 Å². The average Bonchev–Trinajstić information content (AvgIpc) is 3.26. The summed E-state index contributed by atoms with van der Waals surface area (Å²) >= 11 is 0. The second-order valence-electron chi connectivity index (χ2n) is 6.29. The number of aromatic amines is 1. The Labute approximate surface area is 160 Å². The zero-order valence-electron chi connectivity index (χ0n) is 15.7. The zero-order valence-corrected chi connectivity index (χ0v) is 15.7. The first-order chi connectivity index (χ1) is 13.6. The third-order valence-corrected chi connectivity index (χ3v) is 4.80. The summed E-state index contributed by atoms with van der Waals surface area (Å²) in [5.74, 6) is 0.780. The number of aromatic nitrogens is 2. The van der Waals surface area contributed by atoms with E-state index in [0.29, 0.717) is 45.2 Å².